The molecule has 0 saturated carbocycles. The van der Waals surface area contributed by atoms with Crippen molar-refractivity contribution in [2.75, 3.05) is 0 Å². The van der Waals surface area contributed by atoms with Gasteiger partial charge in [-0.05, 0) is 25.3 Å². The van der Waals surface area contributed by atoms with Gasteiger partial charge in [-0.25, -0.2) is 4.57 Å². The highest BCUT2D eigenvalue weighted by atomic mass is 14.9. The first-order valence-corrected chi connectivity index (χ1v) is 17.8. The Labute approximate surface area is 241 Å². The van der Waals surface area contributed by atoms with Crippen LogP contribution in [-0.4, -0.2) is 0 Å². The molecule has 1 aromatic heterocycles. The van der Waals surface area contributed by atoms with Gasteiger partial charge in [0.1, 0.15) is 6.54 Å². The van der Waals surface area contributed by atoms with Gasteiger partial charge in [0.15, 0.2) is 12.4 Å². The maximum absolute atomic E-state index is 2.44. The van der Waals surface area contributed by atoms with Gasteiger partial charge in [-0.1, -0.05) is 174 Å². The molecule has 0 aliphatic heterocycles. The summed E-state index contributed by atoms with van der Waals surface area (Å²) in [5, 5.41) is 0. The highest BCUT2D eigenvalue weighted by Gasteiger charge is 2.03. The normalized spacial score (nSPS) is 11.4. The van der Waals surface area contributed by atoms with Gasteiger partial charge in [0, 0.05) is 18.1 Å². The summed E-state index contributed by atoms with van der Waals surface area (Å²) in [5.41, 5.74) is 1.54. The fourth-order valence-electron chi connectivity index (χ4n) is 5.88. The van der Waals surface area contributed by atoms with E-state index < -0.39 is 0 Å². The molecule has 0 radical (unpaired) electrons. The lowest BCUT2D eigenvalue weighted by molar-refractivity contribution is -0.697. The molecular formula is C37H70N+. The number of aromatic nitrogens is 1. The van der Waals surface area contributed by atoms with Crippen molar-refractivity contribution in [3.05, 3.63) is 30.1 Å². The van der Waals surface area contributed by atoms with Crippen molar-refractivity contribution in [2.24, 2.45) is 0 Å². The first kappa shape index (κ1) is 35.2. The molecule has 0 aliphatic carbocycles. The Morgan fingerprint density at radius 1 is 0.421 bits per heavy atom. The zero-order valence-electron chi connectivity index (χ0n) is 26.5. The number of aryl methyl sites for hydroxylation is 2. The summed E-state index contributed by atoms with van der Waals surface area (Å²) in [6.07, 6.45) is 46.3. The lowest BCUT2D eigenvalue weighted by Crippen LogP contribution is -2.33. The predicted octanol–water partition coefficient (Wildman–Crippen LogP) is 12.5. The van der Waals surface area contributed by atoms with Crippen molar-refractivity contribution >= 4 is 0 Å². The summed E-state index contributed by atoms with van der Waals surface area (Å²) >= 11 is 0. The molecule has 222 valence electrons. The van der Waals surface area contributed by atoms with Crippen LogP contribution in [0, 0.1) is 0 Å². The van der Waals surface area contributed by atoms with Gasteiger partial charge in [0.2, 0.25) is 0 Å². The highest BCUT2D eigenvalue weighted by molar-refractivity contribution is 5.05. The average Bonchev–Trinajstić information content (AvgIpc) is 2.93. The topological polar surface area (TPSA) is 3.88 Å². The Morgan fingerprint density at radius 3 is 1.16 bits per heavy atom. The lowest BCUT2D eigenvalue weighted by atomic mass is 10.0. The van der Waals surface area contributed by atoms with Gasteiger partial charge in [-0.3, -0.25) is 0 Å². The first-order valence-electron chi connectivity index (χ1n) is 17.8. The molecule has 0 aromatic carbocycles. The third-order valence-corrected chi connectivity index (χ3v) is 8.51. The molecule has 1 aromatic rings. The molecule has 0 fully saturated rings. The summed E-state index contributed by atoms with van der Waals surface area (Å²) in [6.45, 7) is 5.81. The van der Waals surface area contributed by atoms with Crippen LogP contribution in [0.2, 0.25) is 0 Å². The van der Waals surface area contributed by atoms with E-state index >= 15 is 0 Å². The second kappa shape index (κ2) is 29.1. The van der Waals surface area contributed by atoms with E-state index in [0.717, 1.165) is 0 Å². The Bertz CT molecular complexity index is 580. The number of rotatable bonds is 30. The van der Waals surface area contributed by atoms with Gasteiger partial charge < -0.3 is 0 Å². The summed E-state index contributed by atoms with van der Waals surface area (Å²) in [6, 6.07) is 4.60. The summed E-state index contributed by atoms with van der Waals surface area (Å²) in [7, 11) is 0. The van der Waals surface area contributed by atoms with E-state index in [1.54, 1.807) is 0 Å². The molecule has 0 saturated heterocycles. The average molecular weight is 529 g/mol. The molecule has 1 nitrogen and oxygen atoms in total. The van der Waals surface area contributed by atoms with Crippen LogP contribution in [0.25, 0.3) is 0 Å². The minimum absolute atomic E-state index is 1.20. The number of nitrogens with zero attached hydrogens (tertiary/aromatic N) is 1. The molecule has 0 aliphatic rings. The van der Waals surface area contributed by atoms with Crippen molar-refractivity contribution in [2.45, 2.75) is 207 Å². The van der Waals surface area contributed by atoms with Crippen molar-refractivity contribution < 1.29 is 4.57 Å². The maximum atomic E-state index is 2.44. The molecule has 0 bridgehead atoms. The Kier molecular flexibility index (Phi) is 27.0. The van der Waals surface area contributed by atoms with Crippen LogP contribution in [-0.2, 0) is 13.0 Å². The molecule has 1 heteroatoms. The minimum Gasteiger partial charge on any atom is -0.205 e. The van der Waals surface area contributed by atoms with Gasteiger partial charge in [-0.15, -0.1) is 0 Å². The van der Waals surface area contributed by atoms with Crippen molar-refractivity contribution in [3.8, 4) is 0 Å². The molecule has 38 heavy (non-hydrogen) atoms. The third kappa shape index (κ3) is 24.2. The largest absolute Gasteiger partial charge is 0.205 e. The van der Waals surface area contributed by atoms with E-state index in [9.17, 15) is 0 Å². The molecule has 0 unspecified atom stereocenters. The number of unbranched alkanes of at least 4 members (excludes halogenated alkanes) is 26. The lowest BCUT2D eigenvalue weighted by Gasteiger charge is -2.04. The summed E-state index contributed by atoms with van der Waals surface area (Å²) in [4.78, 5) is 0. The molecule has 0 amide bonds. The third-order valence-electron chi connectivity index (χ3n) is 8.51. The molecule has 0 N–H and O–H groups in total. The SMILES string of the molecule is CCCCCCCCCCCCCCCCCc1ccc[n+](CCCCCCCCCCCCCCC)c1. The zero-order valence-corrected chi connectivity index (χ0v) is 26.5. The minimum atomic E-state index is 1.20. The summed E-state index contributed by atoms with van der Waals surface area (Å²) in [5.74, 6) is 0. The van der Waals surface area contributed by atoms with E-state index in [1.165, 1.54) is 198 Å². The van der Waals surface area contributed by atoms with E-state index in [1.807, 2.05) is 0 Å². The van der Waals surface area contributed by atoms with Crippen LogP contribution < -0.4 is 4.57 Å². The fourth-order valence-corrected chi connectivity index (χ4v) is 5.88. The number of pyridine rings is 1. The van der Waals surface area contributed by atoms with Crippen LogP contribution in [0.15, 0.2) is 24.5 Å². The number of hydrogen-bond acceptors (Lipinski definition) is 0. The predicted molar refractivity (Wildman–Crippen MR) is 171 cm³/mol. The first-order chi connectivity index (χ1) is 18.9. The van der Waals surface area contributed by atoms with Gasteiger partial charge in [-0.2, -0.15) is 0 Å². The number of hydrogen-bond donors (Lipinski definition) is 0. The molecule has 0 atom stereocenters. The molecular weight excluding hydrogens is 458 g/mol. The van der Waals surface area contributed by atoms with Gasteiger partial charge in [0.25, 0.3) is 0 Å². The summed E-state index contributed by atoms with van der Waals surface area (Å²) < 4.78 is 2.44. The highest BCUT2D eigenvalue weighted by Crippen LogP contribution is 2.15. The second-order valence-electron chi connectivity index (χ2n) is 12.4. The Balaban J connectivity index is 1.87. The van der Waals surface area contributed by atoms with Gasteiger partial charge in [0.05, 0.1) is 0 Å². The fraction of sp³-hybridized carbons (Fsp3) is 0.865. The standard InChI is InChI=1S/C37H70N/c1-3-5-7-9-11-13-15-17-18-19-21-23-25-27-29-32-37-33-31-35-38(36-37)34-30-28-26-24-22-20-16-14-12-10-8-6-4-2/h31,33,35-36H,3-30,32,34H2,1-2H3/q+1. The van der Waals surface area contributed by atoms with Crippen LogP contribution in [0.3, 0.4) is 0 Å². The van der Waals surface area contributed by atoms with Crippen LogP contribution in [0.1, 0.15) is 199 Å². The van der Waals surface area contributed by atoms with E-state index in [0.29, 0.717) is 0 Å². The van der Waals surface area contributed by atoms with Gasteiger partial charge >= 0.3 is 0 Å². The Hall–Kier alpha value is -0.850. The second-order valence-corrected chi connectivity index (χ2v) is 12.4. The van der Waals surface area contributed by atoms with E-state index in [-0.39, 0.29) is 0 Å². The van der Waals surface area contributed by atoms with Crippen LogP contribution >= 0.6 is 0 Å². The van der Waals surface area contributed by atoms with Crippen LogP contribution in [0.5, 0.6) is 0 Å². The van der Waals surface area contributed by atoms with Crippen LogP contribution in [0.4, 0.5) is 0 Å². The maximum Gasteiger partial charge on any atom is 0.171 e. The van der Waals surface area contributed by atoms with E-state index in [4.69, 9.17) is 0 Å². The van der Waals surface area contributed by atoms with Crippen molar-refractivity contribution in [1.29, 1.82) is 0 Å². The molecule has 1 rings (SSSR count). The monoisotopic (exact) mass is 529 g/mol. The quantitative estimate of drug-likeness (QED) is 0.0690. The molecule has 1 heterocycles. The molecule has 0 spiro atoms. The van der Waals surface area contributed by atoms with Crippen molar-refractivity contribution in [1.82, 2.24) is 0 Å². The van der Waals surface area contributed by atoms with Crippen molar-refractivity contribution in [3.63, 3.8) is 0 Å². The zero-order chi connectivity index (χ0) is 27.2. The Morgan fingerprint density at radius 2 is 0.763 bits per heavy atom. The van der Waals surface area contributed by atoms with E-state index in [2.05, 4.69) is 42.9 Å². The smallest absolute Gasteiger partial charge is 0.171 e.